The quantitative estimate of drug-likeness (QED) is 0.251. The zero-order chi connectivity index (χ0) is 29.6. The fourth-order valence-electron chi connectivity index (χ4n) is 4.63. The highest BCUT2D eigenvalue weighted by atomic mass is 32.2. The summed E-state index contributed by atoms with van der Waals surface area (Å²) in [5, 5.41) is 16.7. The normalized spacial score (nSPS) is 17.1. The third kappa shape index (κ3) is 8.26. The molecular weight excluding hydrogens is 550 g/mol. The first-order valence-electron chi connectivity index (χ1n) is 13.6. The van der Waals surface area contributed by atoms with E-state index in [1.807, 2.05) is 44.2 Å². The van der Waals surface area contributed by atoms with Crippen molar-refractivity contribution in [1.82, 2.24) is 19.6 Å². The number of aliphatic hydroxyl groups is 1. The molecule has 0 radical (unpaired) electrons. The van der Waals surface area contributed by atoms with Crippen LogP contribution in [0.3, 0.4) is 0 Å². The lowest BCUT2D eigenvalue weighted by Gasteiger charge is -2.30. The number of nitrogens with zero attached hydrogens (tertiary/aromatic N) is 2. The first kappa shape index (κ1) is 30.4. The molecule has 0 unspecified atom stereocenters. The van der Waals surface area contributed by atoms with E-state index >= 15 is 0 Å². The molecule has 3 atom stereocenters. The van der Waals surface area contributed by atoms with Crippen molar-refractivity contribution >= 4 is 39.0 Å². The topological polar surface area (TPSA) is 163 Å². The number of hydrogen-bond donors (Lipinski definition) is 4. The van der Waals surface area contributed by atoms with Crippen LogP contribution in [-0.2, 0) is 30.7 Å². The molecule has 12 nitrogen and oxygen atoms in total. The van der Waals surface area contributed by atoms with Gasteiger partial charge in [0.2, 0.25) is 21.9 Å². The van der Waals surface area contributed by atoms with Crippen molar-refractivity contribution in [1.29, 1.82) is 0 Å². The zero-order valence-corrected chi connectivity index (χ0v) is 24.2. The van der Waals surface area contributed by atoms with Gasteiger partial charge in [-0.05, 0) is 36.1 Å². The van der Waals surface area contributed by atoms with Crippen LogP contribution in [0.5, 0.6) is 0 Å². The van der Waals surface area contributed by atoms with E-state index in [0.717, 1.165) is 5.56 Å². The number of hydrogen-bond acceptors (Lipinski definition) is 8. The van der Waals surface area contributed by atoms with Gasteiger partial charge in [0.25, 0.3) is 0 Å². The summed E-state index contributed by atoms with van der Waals surface area (Å²) in [4.78, 5) is 31.3. The number of sulfonamides is 1. The smallest absolute Gasteiger partial charge is 0.407 e. The highest BCUT2D eigenvalue weighted by Crippen LogP contribution is 2.24. The Kier molecular flexibility index (Phi) is 9.97. The molecule has 0 saturated carbocycles. The van der Waals surface area contributed by atoms with Crippen LogP contribution in [0.15, 0.2) is 53.4 Å². The number of H-pyrrole nitrogens is 1. The number of ether oxygens (including phenoxy) is 2. The number of anilines is 1. The number of rotatable bonds is 12. The van der Waals surface area contributed by atoms with Crippen molar-refractivity contribution in [3.63, 3.8) is 0 Å². The first-order chi connectivity index (χ1) is 19.5. The molecule has 4 rings (SSSR count). The average molecular weight is 588 g/mol. The second-order valence-corrected chi connectivity index (χ2v) is 12.5. The Morgan fingerprint density at radius 2 is 1.95 bits per heavy atom. The molecule has 13 heteroatoms. The first-order valence-corrected chi connectivity index (χ1v) is 15.0. The summed E-state index contributed by atoms with van der Waals surface area (Å²) < 4.78 is 39.6. The second kappa shape index (κ2) is 13.4. The van der Waals surface area contributed by atoms with Gasteiger partial charge >= 0.3 is 6.09 Å². The molecular formula is C28H37N5O7S. The number of amides is 2. The number of aliphatic hydroxyl groups excluding tert-OH is 1. The van der Waals surface area contributed by atoms with Crippen LogP contribution in [0.2, 0.25) is 0 Å². The fraction of sp³-hybridized carbons (Fsp3) is 0.464. The van der Waals surface area contributed by atoms with E-state index in [1.165, 1.54) is 23.4 Å². The van der Waals surface area contributed by atoms with Crippen molar-refractivity contribution in [2.75, 3.05) is 31.6 Å². The number of alkyl carbamates (subject to hydrolysis) is 1. The van der Waals surface area contributed by atoms with Gasteiger partial charge in [-0.25, -0.2) is 18.2 Å². The van der Waals surface area contributed by atoms with E-state index in [1.54, 1.807) is 6.07 Å². The summed E-state index contributed by atoms with van der Waals surface area (Å²) in [6.07, 6.45) is -1.46. The molecule has 1 fully saturated rings. The number of fused-ring (bicyclic) bond motifs is 1. The standard InChI is InChI=1S/C28H37N5O7S/c1-18(2)15-33(41(37,38)22-9-10-23-24(14-22)31-27(30-23)29-19(3)34)16-26(35)25(13-20-7-5-4-6-8-20)32-28(36)40-21-11-12-39-17-21/h4-10,14,18,21,25-26,35H,11-13,15-17H2,1-3H3,(H,32,36)(H2,29,30,31,34)/t21-,25-,26+/m0/s1. The van der Waals surface area contributed by atoms with Gasteiger partial charge in [-0.2, -0.15) is 4.31 Å². The Morgan fingerprint density at radius 1 is 1.20 bits per heavy atom. The maximum absolute atomic E-state index is 13.8. The van der Waals surface area contributed by atoms with Gasteiger partial charge in [0, 0.05) is 26.4 Å². The minimum atomic E-state index is -4.07. The summed E-state index contributed by atoms with van der Waals surface area (Å²) >= 11 is 0. The highest BCUT2D eigenvalue weighted by molar-refractivity contribution is 7.89. The molecule has 2 amide bonds. The Bertz CT molecular complexity index is 1440. The lowest BCUT2D eigenvalue weighted by molar-refractivity contribution is -0.114. The van der Waals surface area contributed by atoms with E-state index < -0.39 is 28.3 Å². The largest absolute Gasteiger partial charge is 0.444 e. The SMILES string of the molecule is CC(=O)Nc1nc2ccc(S(=O)(=O)N(CC(C)C)C[C@@H](O)[C@H](Cc3ccccc3)NC(=O)O[C@H]3CCOC3)cc2[nH]1. The third-order valence-electron chi connectivity index (χ3n) is 6.57. The Hall–Kier alpha value is -3.52. The molecule has 0 bridgehead atoms. The summed E-state index contributed by atoms with van der Waals surface area (Å²) in [7, 11) is -4.07. The predicted molar refractivity (Wildman–Crippen MR) is 153 cm³/mol. The van der Waals surface area contributed by atoms with Gasteiger partial charge in [-0.15, -0.1) is 0 Å². The summed E-state index contributed by atoms with van der Waals surface area (Å²) in [5.41, 5.74) is 1.78. The van der Waals surface area contributed by atoms with Crippen LogP contribution in [0, 0.1) is 5.92 Å². The van der Waals surface area contributed by atoms with Crippen molar-refractivity contribution in [3.05, 3.63) is 54.1 Å². The lowest BCUT2D eigenvalue weighted by atomic mass is 10.0. The zero-order valence-electron chi connectivity index (χ0n) is 23.4. The van der Waals surface area contributed by atoms with Crippen LogP contribution in [-0.4, -0.2) is 84.4 Å². The van der Waals surface area contributed by atoms with E-state index in [2.05, 4.69) is 20.6 Å². The van der Waals surface area contributed by atoms with Crippen molar-refractivity contribution < 1.29 is 32.6 Å². The summed E-state index contributed by atoms with van der Waals surface area (Å²) in [6, 6.07) is 12.9. The second-order valence-electron chi connectivity index (χ2n) is 10.6. The number of nitrogens with one attached hydrogen (secondary N) is 3. The molecule has 0 aliphatic carbocycles. The van der Waals surface area contributed by atoms with Crippen LogP contribution < -0.4 is 10.6 Å². The van der Waals surface area contributed by atoms with Crippen LogP contribution in [0.4, 0.5) is 10.7 Å². The van der Waals surface area contributed by atoms with E-state index in [-0.39, 0.29) is 48.3 Å². The molecule has 0 spiro atoms. The predicted octanol–water partition coefficient (Wildman–Crippen LogP) is 2.66. The molecule has 41 heavy (non-hydrogen) atoms. The Balaban J connectivity index is 1.57. The fourth-order valence-corrected chi connectivity index (χ4v) is 6.28. The average Bonchev–Trinajstić information content (AvgIpc) is 3.56. The number of imidazole rings is 1. The minimum Gasteiger partial charge on any atom is -0.444 e. The summed E-state index contributed by atoms with van der Waals surface area (Å²) in [5.74, 6) is -0.150. The minimum absolute atomic E-state index is 0.00378. The van der Waals surface area contributed by atoms with Crippen molar-refractivity contribution in [2.45, 2.75) is 56.8 Å². The monoisotopic (exact) mass is 587 g/mol. The molecule has 1 aliphatic rings. The molecule has 4 N–H and O–H groups in total. The molecule has 2 aromatic carbocycles. The molecule has 1 aromatic heterocycles. The Morgan fingerprint density at radius 3 is 2.61 bits per heavy atom. The van der Waals surface area contributed by atoms with Gasteiger partial charge in [0.05, 0.1) is 41.3 Å². The summed E-state index contributed by atoms with van der Waals surface area (Å²) in [6.45, 7) is 5.81. The molecule has 1 saturated heterocycles. The molecule has 3 aromatic rings. The number of benzene rings is 2. The molecule has 222 valence electrons. The van der Waals surface area contributed by atoms with E-state index in [0.29, 0.717) is 30.7 Å². The van der Waals surface area contributed by atoms with Gasteiger partial charge in [-0.3, -0.25) is 10.1 Å². The van der Waals surface area contributed by atoms with Gasteiger partial charge < -0.3 is 24.9 Å². The van der Waals surface area contributed by atoms with E-state index in [4.69, 9.17) is 9.47 Å². The van der Waals surface area contributed by atoms with Gasteiger partial charge in [-0.1, -0.05) is 44.2 Å². The van der Waals surface area contributed by atoms with Crippen LogP contribution in [0.25, 0.3) is 11.0 Å². The van der Waals surface area contributed by atoms with Crippen LogP contribution in [0.1, 0.15) is 32.8 Å². The number of carbonyl (C=O) groups excluding carboxylic acids is 2. The highest BCUT2D eigenvalue weighted by Gasteiger charge is 2.32. The van der Waals surface area contributed by atoms with E-state index in [9.17, 15) is 23.1 Å². The third-order valence-corrected chi connectivity index (χ3v) is 8.40. The number of aromatic amines is 1. The maximum atomic E-state index is 13.8. The van der Waals surface area contributed by atoms with Crippen molar-refractivity contribution in [2.24, 2.45) is 5.92 Å². The lowest BCUT2D eigenvalue weighted by Crippen LogP contribution is -2.51. The van der Waals surface area contributed by atoms with Gasteiger partial charge in [0.1, 0.15) is 6.10 Å². The van der Waals surface area contributed by atoms with Gasteiger partial charge in [0.15, 0.2) is 0 Å². The number of carbonyl (C=O) groups is 2. The number of aromatic nitrogens is 2. The Labute approximate surface area is 239 Å². The molecule has 2 heterocycles. The molecule has 1 aliphatic heterocycles. The van der Waals surface area contributed by atoms with Crippen LogP contribution >= 0.6 is 0 Å². The maximum Gasteiger partial charge on any atom is 0.407 e. The van der Waals surface area contributed by atoms with Crippen molar-refractivity contribution in [3.8, 4) is 0 Å².